The Morgan fingerprint density at radius 3 is 2.34 bits per heavy atom. The average molecular weight is 427 g/mol. The Balaban J connectivity index is 1.70. The maximum absolute atomic E-state index is 5.64. The van der Waals surface area contributed by atoms with Gasteiger partial charge in [-0.1, -0.05) is 44.2 Å². The second-order valence-corrected chi connectivity index (χ2v) is 8.95. The Kier molecular flexibility index (Phi) is 5.56. The molecule has 1 aliphatic heterocycles. The van der Waals surface area contributed by atoms with Crippen LogP contribution in [0.1, 0.15) is 27.2 Å². The number of anilines is 1. The number of hydrogen-bond donors (Lipinski definition) is 0. The minimum Gasteiger partial charge on any atom is -0.494 e. The van der Waals surface area contributed by atoms with Crippen LogP contribution in [0.5, 0.6) is 5.75 Å². The summed E-state index contributed by atoms with van der Waals surface area (Å²) in [5.41, 5.74) is 4.34. The van der Waals surface area contributed by atoms with Crippen molar-refractivity contribution in [3.8, 4) is 22.6 Å². The lowest BCUT2D eigenvalue weighted by Gasteiger charge is -2.36. The molecule has 5 heteroatoms. The van der Waals surface area contributed by atoms with Crippen LogP contribution in [0.3, 0.4) is 0 Å². The van der Waals surface area contributed by atoms with Crippen LogP contribution in [0.15, 0.2) is 67.1 Å². The van der Waals surface area contributed by atoms with Gasteiger partial charge in [0.15, 0.2) is 5.65 Å². The van der Waals surface area contributed by atoms with E-state index in [1.807, 2.05) is 19.1 Å². The summed E-state index contributed by atoms with van der Waals surface area (Å²) in [6.45, 7) is 9.39. The molecule has 3 heterocycles. The summed E-state index contributed by atoms with van der Waals surface area (Å²) in [6.07, 6.45) is 5.18. The molecule has 5 rings (SSSR count). The molecule has 2 aromatic carbocycles. The lowest BCUT2D eigenvalue weighted by atomic mass is 9.91. The van der Waals surface area contributed by atoms with E-state index in [0.717, 1.165) is 46.9 Å². The van der Waals surface area contributed by atoms with E-state index in [1.165, 1.54) is 12.0 Å². The van der Waals surface area contributed by atoms with Crippen molar-refractivity contribution in [2.24, 2.45) is 11.8 Å². The largest absolute Gasteiger partial charge is 0.494 e. The first-order valence-corrected chi connectivity index (χ1v) is 11.5. The second-order valence-electron chi connectivity index (χ2n) is 8.95. The molecule has 5 nitrogen and oxygen atoms in total. The van der Waals surface area contributed by atoms with Crippen molar-refractivity contribution in [1.82, 2.24) is 14.5 Å². The maximum Gasteiger partial charge on any atom is 0.150 e. The van der Waals surface area contributed by atoms with Gasteiger partial charge in [-0.05, 0) is 55.0 Å². The normalized spacial score (nSPS) is 18.8. The standard InChI is InChI=1S/C27H30N4O/c1-4-32-23-12-10-22(11-13-23)31-17-24(21-8-6-5-7-9-21)25-26(28-18-29-27(25)31)30-15-19(2)14-20(3)16-30/h5-13,17-20H,4,14-16H2,1-3H3/t19-,20-/m1/s1. The fraction of sp³-hybridized carbons (Fsp3) is 0.333. The van der Waals surface area contributed by atoms with E-state index >= 15 is 0 Å². The highest BCUT2D eigenvalue weighted by Crippen LogP contribution is 2.38. The van der Waals surface area contributed by atoms with E-state index < -0.39 is 0 Å². The fourth-order valence-corrected chi connectivity index (χ4v) is 5.02. The monoisotopic (exact) mass is 426 g/mol. The molecule has 164 valence electrons. The van der Waals surface area contributed by atoms with Gasteiger partial charge in [-0.2, -0.15) is 0 Å². The number of nitrogens with zero attached hydrogens (tertiary/aromatic N) is 4. The predicted octanol–water partition coefficient (Wildman–Crippen LogP) is 5.97. The molecule has 1 fully saturated rings. The number of aromatic nitrogens is 3. The molecule has 0 radical (unpaired) electrons. The molecular weight excluding hydrogens is 396 g/mol. The Labute approximate surface area is 189 Å². The topological polar surface area (TPSA) is 43.2 Å². The highest BCUT2D eigenvalue weighted by Gasteiger charge is 2.26. The summed E-state index contributed by atoms with van der Waals surface area (Å²) in [7, 11) is 0. The van der Waals surface area contributed by atoms with Crippen LogP contribution >= 0.6 is 0 Å². The van der Waals surface area contributed by atoms with Gasteiger partial charge in [0.05, 0.1) is 12.0 Å². The van der Waals surface area contributed by atoms with Crippen molar-refractivity contribution < 1.29 is 4.74 Å². The minimum atomic E-state index is 0.650. The highest BCUT2D eigenvalue weighted by atomic mass is 16.5. The van der Waals surface area contributed by atoms with Crippen molar-refractivity contribution in [3.63, 3.8) is 0 Å². The zero-order valence-electron chi connectivity index (χ0n) is 19.0. The third-order valence-corrected chi connectivity index (χ3v) is 6.24. The molecule has 2 atom stereocenters. The number of benzene rings is 2. The van der Waals surface area contributed by atoms with Gasteiger partial charge in [0.25, 0.3) is 0 Å². The molecule has 4 aromatic rings. The molecule has 1 saturated heterocycles. The fourth-order valence-electron chi connectivity index (χ4n) is 5.02. The van der Waals surface area contributed by atoms with Gasteiger partial charge >= 0.3 is 0 Å². The average Bonchev–Trinajstić information content (AvgIpc) is 3.20. The van der Waals surface area contributed by atoms with Crippen molar-refractivity contribution in [3.05, 3.63) is 67.1 Å². The Bertz CT molecular complexity index is 1190. The van der Waals surface area contributed by atoms with Gasteiger partial charge < -0.3 is 14.2 Å². The molecule has 0 saturated carbocycles. The number of piperidine rings is 1. The van der Waals surface area contributed by atoms with Crippen LogP contribution in [0.2, 0.25) is 0 Å². The van der Waals surface area contributed by atoms with Crippen molar-refractivity contribution in [2.75, 3.05) is 24.6 Å². The van der Waals surface area contributed by atoms with Gasteiger partial charge in [0.2, 0.25) is 0 Å². The Morgan fingerprint density at radius 2 is 1.66 bits per heavy atom. The molecule has 1 aliphatic rings. The first-order valence-electron chi connectivity index (χ1n) is 11.5. The van der Waals surface area contributed by atoms with E-state index in [-0.39, 0.29) is 0 Å². The lowest BCUT2D eigenvalue weighted by molar-refractivity contribution is 0.340. The quantitative estimate of drug-likeness (QED) is 0.394. The lowest BCUT2D eigenvalue weighted by Crippen LogP contribution is -2.39. The number of fused-ring (bicyclic) bond motifs is 1. The van der Waals surface area contributed by atoms with Gasteiger partial charge in [-0.3, -0.25) is 0 Å². The number of hydrogen-bond acceptors (Lipinski definition) is 4. The summed E-state index contributed by atoms with van der Waals surface area (Å²) >= 11 is 0. The van der Waals surface area contributed by atoms with Crippen LogP contribution in [0.25, 0.3) is 27.8 Å². The molecule has 0 N–H and O–H groups in total. The zero-order chi connectivity index (χ0) is 22.1. The molecular formula is C27H30N4O. The highest BCUT2D eigenvalue weighted by molar-refractivity contribution is 6.02. The summed E-state index contributed by atoms with van der Waals surface area (Å²) in [5, 5.41) is 1.12. The van der Waals surface area contributed by atoms with Gasteiger partial charge in [0.1, 0.15) is 17.9 Å². The first kappa shape index (κ1) is 20.6. The molecule has 0 bridgehead atoms. The first-order chi connectivity index (χ1) is 15.6. The molecule has 32 heavy (non-hydrogen) atoms. The van der Waals surface area contributed by atoms with Crippen LogP contribution in [0, 0.1) is 11.8 Å². The van der Waals surface area contributed by atoms with Crippen LogP contribution < -0.4 is 9.64 Å². The van der Waals surface area contributed by atoms with Crippen molar-refractivity contribution >= 4 is 16.9 Å². The molecule has 0 unspecified atom stereocenters. The second kappa shape index (κ2) is 8.65. The van der Waals surface area contributed by atoms with E-state index in [2.05, 4.69) is 72.0 Å². The maximum atomic E-state index is 5.64. The van der Waals surface area contributed by atoms with Crippen LogP contribution in [0.4, 0.5) is 5.82 Å². The van der Waals surface area contributed by atoms with Crippen molar-refractivity contribution in [2.45, 2.75) is 27.2 Å². The summed E-state index contributed by atoms with van der Waals surface area (Å²) in [6, 6.07) is 18.8. The van der Waals surface area contributed by atoms with E-state index in [1.54, 1.807) is 6.33 Å². The SMILES string of the molecule is CCOc1ccc(-n2cc(-c3ccccc3)c3c(N4C[C@H](C)C[C@@H](C)C4)ncnc32)cc1. The summed E-state index contributed by atoms with van der Waals surface area (Å²) in [5.74, 6) is 3.22. The predicted molar refractivity (Wildman–Crippen MR) is 131 cm³/mol. The van der Waals surface area contributed by atoms with Crippen LogP contribution in [-0.4, -0.2) is 34.2 Å². The third-order valence-electron chi connectivity index (χ3n) is 6.24. The van der Waals surface area contributed by atoms with Crippen molar-refractivity contribution in [1.29, 1.82) is 0 Å². The molecule has 0 amide bonds. The molecule has 2 aromatic heterocycles. The van der Waals surface area contributed by atoms with Gasteiger partial charge in [-0.25, -0.2) is 9.97 Å². The van der Waals surface area contributed by atoms with Crippen LogP contribution in [-0.2, 0) is 0 Å². The van der Waals surface area contributed by atoms with Gasteiger partial charge in [-0.15, -0.1) is 0 Å². The third kappa shape index (κ3) is 3.83. The number of rotatable bonds is 5. The summed E-state index contributed by atoms with van der Waals surface area (Å²) < 4.78 is 7.81. The van der Waals surface area contributed by atoms with Gasteiger partial charge in [0, 0.05) is 30.5 Å². The zero-order valence-corrected chi connectivity index (χ0v) is 19.0. The Morgan fingerprint density at radius 1 is 0.938 bits per heavy atom. The smallest absolute Gasteiger partial charge is 0.150 e. The minimum absolute atomic E-state index is 0.650. The molecule has 0 aliphatic carbocycles. The number of ether oxygens (including phenoxy) is 1. The Hall–Kier alpha value is -3.34. The van der Waals surface area contributed by atoms with E-state index in [9.17, 15) is 0 Å². The molecule has 0 spiro atoms. The van der Waals surface area contributed by atoms with E-state index in [4.69, 9.17) is 14.7 Å². The van der Waals surface area contributed by atoms with E-state index in [0.29, 0.717) is 18.4 Å². The summed E-state index contributed by atoms with van der Waals surface area (Å²) in [4.78, 5) is 12.0.